The van der Waals surface area contributed by atoms with Gasteiger partial charge in [-0.15, -0.1) is 0 Å². The molecule has 0 radical (unpaired) electrons. The van der Waals surface area contributed by atoms with E-state index in [1.807, 2.05) is 36.4 Å². The van der Waals surface area contributed by atoms with Crippen LogP contribution in [0.4, 0.5) is 0 Å². The first-order valence-corrected chi connectivity index (χ1v) is 11.0. The van der Waals surface area contributed by atoms with Crippen LogP contribution in [0.2, 0.25) is 13.1 Å². The van der Waals surface area contributed by atoms with Gasteiger partial charge in [-0.3, -0.25) is 9.97 Å². The Morgan fingerprint density at radius 2 is 1.15 bits per heavy atom. The van der Waals surface area contributed by atoms with E-state index in [4.69, 9.17) is 9.97 Å². The van der Waals surface area contributed by atoms with Gasteiger partial charge in [0.15, 0.2) is 8.07 Å². The van der Waals surface area contributed by atoms with Crippen molar-refractivity contribution in [2.24, 2.45) is 0 Å². The SMILES string of the molecule is C[Si](C)(c1cccc(-c2ccn[n-]2)n1)c1cccc(-c2ccn[n-]2)n1.[Pt+2]. The quantitative estimate of drug-likeness (QED) is 0.365. The van der Waals surface area contributed by atoms with E-state index in [1.165, 1.54) is 0 Å². The van der Waals surface area contributed by atoms with Gasteiger partial charge in [-0.2, -0.15) is 0 Å². The Balaban J connectivity index is 0.00000196. The average molecular weight is 540 g/mol. The monoisotopic (exact) mass is 539 g/mol. The Morgan fingerprint density at radius 1 is 0.692 bits per heavy atom. The first-order valence-electron chi connectivity index (χ1n) is 7.99. The van der Waals surface area contributed by atoms with Crippen LogP contribution in [0.5, 0.6) is 0 Å². The van der Waals surface area contributed by atoms with Gasteiger partial charge in [0, 0.05) is 34.4 Å². The molecule has 132 valence electrons. The van der Waals surface area contributed by atoms with Crippen molar-refractivity contribution in [2.75, 3.05) is 0 Å². The molecule has 0 fully saturated rings. The molecule has 0 unspecified atom stereocenters. The number of pyridine rings is 2. The zero-order valence-electron chi connectivity index (χ0n) is 14.3. The summed E-state index contributed by atoms with van der Waals surface area (Å²) in [5.74, 6) is 0. The van der Waals surface area contributed by atoms with Crippen LogP contribution in [0.3, 0.4) is 0 Å². The molecule has 0 N–H and O–H groups in total. The van der Waals surface area contributed by atoms with E-state index in [1.54, 1.807) is 12.4 Å². The van der Waals surface area contributed by atoms with Gasteiger partial charge in [0.05, 0.1) is 0 Å². The molecule has 0 saturated carbocycles. The van der Waals surface area contributed by atoms with Gasteiger partial charge in [-0.1, -0.05) is 48.7 Å². The molecule has 0 aliphatic rings. The summed E-state index contributed by atoms with van der Waals surface area (Å²) in [5.41, 5.74) is 3.27. The van der Waals surface area contributed by atoms with Crippen LogP contribution >= 0.6 is 0 Å². The molecular formula is C18H16N6PtSi. The Bertz CT molecular complexity index is 903. The number of rotatable bonds is 4. The summed E-state index contributed by atoms with van der Waals surface area (Å²) in [6.07, 6.45) is 3.36. The number of hydrogen-bond acceptors (Lipinski definition) is 4. The zero-order valence-corrected chi connectivity index (χ0v) is 17.5. The molecule has 4 rings (SSSR count). The maximum absolute atomic E-state index is 4.85. The Kier molecular flexibility index (Phi) is 5.29. The molecule has 0 amide bonds. The molecule has 0 atom stereocenters. The predicted molar refractivity (Wildman–Crippen MR) is 98.3 cm³/mol. The Hall–Kier alpha value is -2.37. The minimum Gasteiger partial charge on any atom is -0.574 e. The number of hydrogen-bond donors (Lipinski definition) is 0. The number of nitrogens with zero attached hydrogens (tertiary/aromatic N) is 6. The van der Waals surface area contributed by atoms with Gasteiger partial charge in [-0.25, -0.2) is 0 Å². The normalized spacial score (nSPS) is 11.2. The summed E-state index contributed by atoms with van der Waals surface area (Å²) in [4.78, 5) is 9.69. The van der Waals surface area contributed by atoms with E-state index in [0.29, 0.717) is 0 Å². The standard InChI is InChI=1S/C18H16N6Si.Pt/c1-25(2,17-7-3-5-13(21-17)15-9-11-19-23-15)18-8-4-6-14(22-18)16-10-12-20-24-16;/h3-12H,1-2H3;/q-2;+2. The molecule has 0 saturated heterocycles. The molecule has 0 aliphatic heterocycles. The van der Waals surface area contributed by atoms with Crippen molar-refractivity contribution in [3.63, 3.8) is 0 Å². The Morgan fingerprint density at radius 3 is 1.54 bits per heavy atom. The van der Waals surface area contributed by atoms with Crippen LogP contribution in [0.15, 0.2) is 60.9 Å². The summed E-state index contributed by atoms with van der Waals surface area (Å²) in [6.45, 7) is 4.50. The minimum atomic E-state index is -2.06. The van der Waals surface area contributed by atoms with Crippen molar-refractivity contribution >= 4 is 18.7 Å². The van der Waals surface area contributed by atoms with E-state index in [2.05, 4.69) is 45.6 Å². The topological polar surface area (TPSA) is 79.8 Å². The van der Waals surface area contributed by atoms with E-state index in [-0.39, 0.29) is 21.1 Å². The van der Waals surface area contributed by atoms with E-state index in [0.717, 1.165) is 33.4 Å². The third kappa shape index (κ3) is 3.45. The van der Waals surface area contributed by atoms with Crippen molar-refractivity contribution in [3.05, 3.63) is 60.9 Å². The summed E-state index contributed by atoms with van der Waals surface area (Å²) >= 11 is 0. The van der Waals surface area contributed by atoms with Crippen molar-refractivity contribution in [1.82, 2.24) is 30.4 Å². The summed E-state index contributed by atoms with van der Waals surface area (Å²) in [6, 6.07) is 15.8. The van der Waals surface area contributed by atoms with Crippen molar-refractivity contribution in [1.29, 1.82) is 0 Å². The fourth-order valence-electron chi connectivity index (χ4n) is 2.72. The molecule has 4 aromatic rings. The van der Waals surface area contributed by atoms with Crippen LogP contribution in [0.25, 0.3) is 22.8 Å². The van der Waals surface area contributed by atoms with Crippen LogP contribution in [0.1, 0.15) is 0 Å². The summed E-state index contributed by atoms with van der Waals surface area (Å²) < 4.78 is 0. The first-order chi connectivity index (χ1) is 12.1. The summed E-state index contributed by atoms with van der Waals surface area (Å²) in [5, 5.41) is 18.1. The molecular weight excluding hydrogens is 523 g/mol. The maximum Gasteiger partial charge on any atom is 2.00 e. The van der Waals surface area contributed by atoms with Gasteiger partial charge >= 0.3 is 21.1 Å². The van der Waals surface area contributed by atoms with Crippen LogP contribution in [0, 0.1) is 0 Å². The first kappa shape index (κ1) is 18.4. The smallest absolute Gasteiger partial charge is 0.574 e. The fraction of sp³-hybridized carbons (Fsp3) is 0.111. The summed E-state index contributed by atoms with van der Waals surface area (Å²) in [7, 11) is -2.06. The average Bonchev–Trinajstić information content (AvgIpc) is 3.36. The molecule has 0 bridgehead atoms. The van der Waals surface area contributed by atoms with E-state index >= 15 is 0 Å². The third-order valence-corrected chi connectivity index (χ3v) is 7.35. The fourth-order valence-corrected chi connectivity index (χ4v) is 4.81. The third-order valence-electron chi connectivity index (χ3n) is 4.23. The molecule has 8 heteroatoms. The molecule has 4 heterocycles. The molecule has 0 aliphatic carbocycles. The van der Waals surface area contributed by atoms with E-state index in [9.17, 15) is 0 Å². The van der Waals surface area contributed by atoms with Gasteiger partial charge < -0.3 is 20.4 Å². The molecule has 0 aromatic carbocycles. The molecule has 26 heavy (non-hydrogen) atoms. The van der Waals surface area contributed by atoms with Gasteiger partial charge in [0.2, 0.25) is 0 Å². The van der Waals surface area contributed by atoms with Crippen molar-refractivity contribution < 1.29 is 21.1 Å². The predicted octanol–water partition coefficient (Wildman–Crippen LogP) is 1.34. The van der Waals surface area contributed by atoms with Crippen LogP contribution in [-0.4, -0.2) is 28.2 Å². The second-order valence-electron chi connectivity index (χ2n) is 6.27. The van der Waals surface area contributed by atoms with Crippen molar-refractivity contribution in [2.45, 2.75) is 13.1 Å². The second kappa shape index (κ2) is 7.47. The maximum atomic E-state index is 4.85. The number of aromatic nitrogens is 6. The zero-order chi connectivity index (χ0) is 17.3. The largest absolute Gasteiger partial charge is 2.00 e. The second-order valence-corrected chi connectivity index (χ2v) is 10.5. The van der Waals surface area contributed by atoms with Gasteiger partial charge in [-0.05, 0) is 24.3 Å². The van der Waals surface area contributed by atoms with Crippen LogP contribution < -0.4 is 20.8 Å². The molecule has 0 spiro atoms. The molecule has 4 aromatic heterocycles. The Labute approximate surface area is 166 Å². The van der Waals surface area contributed by atoms with Gasteiger partial charge in [0.25, 0.3) is 0 Å². The van der Waals surface area contributed by atoms with Crippen LogP contribution in [-0.2, 0) is 21.1 Å². The van der Waals surface area contributed by atoms with Gasteiger partial charge in [0.1, 0.15) is 0 Å². The minimum absolute atomic E-state index is 0. The molecule has 6 nitrogen and oxygen atoms in total. The van der Waals surface area contributed by atoms with Crippen molar-refractivity contribution in [3.8, 4) is 22.8 Å². The van der Waals surface area contributed by atoms with E-state index < -0.39 is 8.07 Å².